The molecule has 0 atom stereocenters. The van der Waals surface area contributed by atoms with Crippen molar-refractivity contribution < 1.29 is 0 Å². The fourth-order valence-electron chi connectivity index (χ4n) is 8.08. The van der Waals surface area contributed by atoms with Crippen LogP contribution in [0.3, 0.4) is 0 Å². The molecule has 0 N–H and O–H groups in total. The number of hydrogen-bond donors (Lipinski definition) is 0. The number of pyridine rings is 1. The Bertz CT molecular complexity index is 2870. The van der Waals surface area contributed by atoms with Crippen molar-refractivity contribution in [1.29, 1.82) is 0 Å². The second-order valence-corrected chi connectivity index (χ2v) is 12.8. The van der Waals surface area contributed by atoms with Crippen molar-refractivity contribution in [3.63, 3.8) is 0 Å². The normalized spacial score (nSPS) is 11.8. The van der Waals surface area contributed by atoms with Gasteiger partial charge in [0.1, 0.15) is 0 Å². The van der Waals surface area contributed by atoms with Gasteiger partial charge in [-0.15, -0.1) is 0 Å². The smallest absolute Gasteiger partial charge is 0.263 e. The maximum Gasteiger partial charge on any atom is 0.263 e. The van der Waals surface area contributed by atoms with Gasteiger partial charge in [-0.25, -0.2) is 0 Å². The summed E-state index contributed by atoms with van der Waals surface area (Å²) >= 11 is 0. The average Bonchev–Trinajstić information content (AvgIpc) is 3.52. The van der Waals surface area contributed by atoms with Crippen LogP contribution in [-0.2, 0) is 0 Å². The molecule has 0 saturated heterocycles. The van der Waals surface area contributed by atoms with Gasteiger partial charge in [0, 0.05) is 27.3 Å². The summed E-state index contributed by atoms with van der Waals surface area (Å²) in [6.45, 7) is 0. The molecule has 10 aromatic rings. The summed E-state index contributed by atoms with van der Waals surface area (Å²) in [5.74, 6) is 0. The molecule has 2 nitrogen and oxygen atoms in total. The first-order valence-corrected chi connectivity index (χ1v) is 16.7. The molecule has 0 aliphatic carbocycles. The molecule has 228 valence electrons. The lowest BCUT2D eigenvalue weighted by Crippen LogP contribution is -2.14. The van der Waals surface area contributed by atoms with Crippen LogP contribution in [0.4, 0.5) is 0 Å². The number of rotatable bonds is 4. The molecule has 0 unspecified atom stereocenters. The molecule has 10 rings (SSSR count). The Morgan fingerprint density at radius 2 is 0.714 bits per heavy atom. The molecular weight excluding hydrogens is 595 g/mol. The van der Waals surface area contributed by atoms with Gasteiger partial charge >= 0.3 is 0 Å². The predicted molar refractivity (Wildman–Crippen MR) is 207 cm³/mol. The summed E-state index contributed by atoms with van der Waals surface area (Å²) in [5, 5.41) is 8.39. The van der Waals surface area contributed by atoms with Crippen molar-refractivity contribution in [3.8, 4) is 44.6 Å². The molecule has 0 spiro atoms. The Labute approximate surface area is 283 Å². The molecule has 0 amide bonds. The highest BCUT2D eigenvalue weighted by Crippen LogP contribution is 2.50. The molecule has 0 fully saturated rings. The maximum absolute atomic E-state index is 15.0. The fraction of sp³-hybridized carbons (Fsp3) is 0. The molecule has 0 radical (unpaired) electrons. The minimum atomic E-state index is -0.00181. The Balaban J connectivity index is 1.49. The van der Waals surface area contributed by atoms with E-state index in [1.807, 2.05) is 22.6 Å². The third-order valence-electron chi connectivity index (χ3n) is 10.1. The third kappa shape index (κ3) is 4.04. The van der Waals surface area contributed by atoms with Crippen molar-refractivity contribution in [1.82, 2.24) is 4.40 Å². The van der Waals surface area contributed by atoms with Crippen LogP contribution in [0.1, 0.15) is 0 Å². The summed E-state index contributed by atoms with van der Waals surface area (Å²) in [6.07, 6.45) is 0. The number of benzene rings is 8. The van der Waals surface area contributed by atoms with Gasteiger partial charge in [-0.1, -0.05) is 158 Å². The molecule has 2 heteroatoms. The second-order valence-electron chi connectivity index (χ2n) is 12.8. The van der Waals surface area contributed by atoms with Gasteiger partial charge < -0.3 is 0 Å². The second kappa shape index (κ2) is 10.8. The van der Waals surface area contributed by atoms with E-state index in [1.165, 1.54) is 11.1 Å². The molecule has 2 heterocycles. The van der Waals surface area contributed by atoms with E-state index in [9.17, 15) is 0 Å². The van der Waals surface area contributed by atoms with Crippen LogP contribution in [0.25, 0.3) is 93.2 Å². The summed E-state index contributed by atoms with van der Waals surface area (Å²) in [6, 6.07) is 61.8. The lowest BCUT2D eigenvalue weighted by Gasteiger charge is -2.19. The largest absolute Gasteiger partial charge is 0.274 e. The lowest BCUT2D eigenvalue weighted by molar-refractivity contribution is 1.17. The first-order chi connectivity index (χ1) is 24.3. The molecule has 0 aliphatic rings. The van der Waals surface area contributed by atoms with Gasteiger partial charge in [0.15, 0.2) is 0 Å². The average molecular weight is 624 g/mol. The van der Waals surface area contributed by atoms with Crippen LogP contribution in [-0.4, -0.2) is 4.40 Å². The van der Waals surface area contributed by atoms with Crippen molar-refractivity contribution in [2.45, 2.75) is 0 Å². The first kappa shape index (κ1) is 27.6. The van der Waals surface area contributed by atoms with E-state index in [-0.39, 0.29) is 5.56 Å². The Morgan fingerprint density at radius 1 is 0.306 bits per heavy atom. The Morgan fingerprint density at radius 3 is 1.27 bits per heavy atom. The van der Waals surface area contributed by atoms with Gasteiger partial charge in [0.25, 0.3) is 5.56 Å². The van der Waals surface area contributed by atoms with E-state index >= 15 is 4.79 Å². The fourth-order valence-corrected chi connectivity index (χ4v) is 8.08. The minimum absolute atomic E-state index is 0.00181. The van der Waals surface area contributed by atoms with E-state index in [0.717, 1.165) is 76.7 Å². The molecular formula is C47H29NO. The van der Waals surface area contributed by atoms with Crippen molar-refractivity contribution >= 4 is 48.6 Å². The number of aromatic nitrogens is 1. The third-order valence-corrected chi connectivity index (χ3v) is 10.1. The first-order valence-electron chi connectivity index (χ1n) is 16.7. The van der Waals surface area contributed by atoms with E-state index in [0.29, 0.717) is 5.39 Å². The van der Waals surface area contributed by atoms with Gasteiger partial charge in [0.2, 0.25) is 0 Å². The van der Waals surface area contributed by atoms with E-state index < -0.39 is 0 Å². The monoisotopic (exact) mass is 623 g/mol. The van der Waals surface area contributed by atoms with Crippen LogP contribution in [0.2, 0.25) is 0 Å². The summed E-state index contributed by atoms with van der Waals surface area (Å²) in [5.41, 5.74) is 9.75. The Kier molecular flexibility index (Phi) is 6.06. The number of nitrogens with zero attached hydrogens (tertiary/aromatic N) is 1. The highest BCUT2D eigenvalue weighted by molar-refractivity contribution is 6.26. The highest BCUT2D eigenvalue weighted by atomic mass is 16.1. The SMILES string of the molecule is O=c1c2ccccc2c2cc(-c3ccccc3)cc3c(-c4ccccc4)c(-c4c5ccccc5c(-c5ccccc5)c5ccccc45)n1c32. The molecule has 49 heavy (non-hydrogen) atoms. The number of hydrogen-bond acceptors (Lipinski definition) is 1. The van der Waals surface area contributed by atoms with Gasteiger partial charge in [-0.2, -0.15) is 0 Å². The van der Waals surface area contributed by atoms with E-state index in [4.69, 9.17) is 0 Å². The summed E-state index contributed by atoms with van der Waals surface area (Å²) in [4.78, 5) is 15.0. The van der Waals surface area contributed by atoms with Crippen LogP contribution in [0.5, 0.6) is 0 Å². The standard InChI is InChI=1S/C47H29NO/c49-47-39-27-15-10-22-34(39)40-28-33(30-16-4-1-5-17-30)29-41-43(32-20-8-3-9-21-32)46(48(47)45(40)41)44-37-25-13-11-23-35(37)42(31-18-6-2-7-19-31)36-24-12-14-26-38(36)44/h1-29H. The Hall–Kier alpha value is -6.51. The zero-order valence-electron chi connectivity index (χ0n) is 26.6. The quantitative estimate of drug-likeness (QED) is 0.141. The van der Waals surface area contributed by atoms with Crippen molar-refractivity contribution in [2.24, 2.45) is 0 Å². The van der Waals surface area contributed by atoms with Crippen LogP contribution in [0, 0.1) is 0 Å². The highest BCUT2D eigenvalue weighted by Gasteiger charge is 2.27. The van der Waals surface area contributed by atoms with Gasteiger partial charge in [-0.05, 0) is 72.9 Å². The molecule has 8 aromatic carbocycles. The molecule has 0 bridgehead atoms. The molecule has 0 aliphatic heterocycles. The molecule has 0 saturated carbocycles. The van der Waals surface area contributed by atoms with E-state index in [1.54, 1.807) is 0 Å². The summed E-state index contributed by atoms with van der Waals surface area (Å²) in [7, 11) is 0. The maximum atomic E-state index is 15.0. The van der Waals surface area contributed by atoms with Gasteiger partial charge in [0.05, 0.1) is 11.2 Å². The van der Waals surface area contributed by atoms with Gasteiger partial charge in [-0.3, -0.25) is 9.20 Å². The zero-order valence-corrected chi connectivity index (χ0v) is 26.6. The minimum Gasteiger partial charge on any atom is -0.274 e. The summed E-state index contributed by atoms with van der Waals surface area (Å²) < 4.78 is 2.03. The van der Waals surface area contributed by atoms with Crippen LogP contribution in [0.15, 0.2) is 181 Å². The van der Waals surface area contributed by atoms with Crippen LogP contribution >= 0.6 is 0 Å². The zero-order chi connectivity index (χ0) is 32.5. The van der Waals surface area contributed by atoms with Crippen molar-refractivity contribution in [3.05, 3.63) is 186 Å². The van der Waals surface area contributed by atoms with E-state index in [2.05, 4.69) is 158 Å². The molecule has 2 aromatic heterocycles. The topological polar surface area (TPSA) is 21.5 Å². The number of fused-ring (bicyclic) bond motifs is 4. The van der Waals surface area contributed by atoms with Crippen LogP contribution < -0.4 is 5.56 Å². The van der Waals surface area contributed by atoms with Crippen molar-refractivity contribution in [2.75, 3.05) is 0 Å². The predicted octanol–water partition coefficient (Wildman–Crippen LogP) is 12.0. The lowest BCUT2D eigenvalue weighted by atomic mass is 9.85.